The van der Waals surface area contributed by atoms with Crippen LogP contribution in [0.2, 0.25) is 0 Å². The van der Waals surface area contributed by atoms with Gasteiger partial charge in [0.15, 0.2) is 0 Å². The summed E-state index contributed by atoms with van der Waals surface area (Å²) in [5.41, 5.74) is 5.04. The van der Waals surface area contributed by atoms with E-state index in [1.54, 1.807) is 14.1 Å². The van der Waals surface area contributed by atoms with Gasteiger partial charge in [-0.1, -0.05) is 6.07 Å². The van der Waals surface area contributed by atoms with Crippen LogP contribution >= 0.6 is 0 Å². The van der Waals surface area contributed by atoms with Crippen molar-refractivity contribution in [2.75, 3.05) is 25.5 Å². The fourth-order valence-electron chi connectivity index (χ4n) is 1.42. The molecule has 0 saturated carbocycles. The number of hydrogen-bond donors (Lipinski definition) is 1. The highest BCUT2D eigenvalue weighted by Gasteiger charge is 2.31. The van der Waals surface area contributed by atoms with E-state index >= 15 is 0 Å². The zero-order chi connectivity index (χ0) is 12.3. The molecule has 0 aliphatic rings. The normalized spacial score (nSPS) is 11.6. The molecule has 1 rings (SSSR count). The highest BCUT2D eigenvalue weighted by molar-refractivity contribution is 5.48. The largest absolute Gasteiger partial charge is 0.375 e. The Morgan fingerprint density at radius 1 is 1.31 bits per heavy atom. The summed E-state index contributed by atoms with van der Waals surface area (Å²) in [7, 11) is 3.30. The molecule has 0 heterocycles. The molecule has 0 spiro atoms. The van der Waals surface area contributed by atoms with Gasteiger partial charge in [-0.25, -0.2) is 13.2 Å². The first-order valence-corrected chi connectivity index (χ1v) is 4.93. The number of rotatable bonds is 4. The molecule has 0 radical (unpaired) electrons. The fraction of sp³-hybridized carbons (Fsp3) is 0.455. The topological polar surface area (TPSA) is 29.3 Å². The Morgan fingerprint density at radius 2 is 1.94 bits per heavy atom. The monoisotopic (exact) mass is 232 g/mol. The summed E-state index contributed by atoms with van der Waals surface area (Å²) in [4.78, 5) is 1.53. The zero-order valence-corrected chi connectivity index (χ0v) is 9.30. The highest BCUT2D eigenvalue weighted by Crippen LogP contribution is 2.33. The summed E-state index contributed by atoms with van der Waals surface area (Å²) in [6.07, 6.45) is -0.478. The van der Waals surface area contributed by atoms with Gasteiger partial charge < -0.3 is 10.6 Å². The molecule has 0 fully saturated rings. The van der Waals surface area contributed by atoms with Crippen molar-refractivity contribution in [1.29, 1.82) is 0 Å². The van der Waals surface area contributed by atoms with Crippen molar-refractivity contribution in [3.8, 4) is 0 Å². The van der Waals surface area contributed by atoms with E-state index in [1.807, 2.05) is 0 Å². The van der Waals surface area contributed by atoms with Crippen molar-refractivity contribution < 1.29 is 13.2 Å². The fourth-order valence-corrected chi connectivity index (χ4v) is 1.42. The molecule has 0 aliphatic heterocycles. The van der Waals surface area contributed by atoms with Crippen LogP contribution in [0.1, 0.15) is 12.0 Å². The second-order valence-corrected chi connectivity index (χ2v) is 3.80. The van der Waals surface area contributed by atoms with Gasteiger partial charge in [0.05, 0.1) is 5.69 Å². The minimum absolute atomic E-state index is 0.135. The van der Waals surface area contributed by atoms with Gasteiger partial charge in [0.1, 0.15) is 5.82 Å². The molecule has 0 amide bonds. The number of hydrogen-bond acceptors (Lipinski definition) is 2. The van der Waals surface area contributed by atoms with E-state index in [0.29, 0.717) is 0 Å². The van der Waals surface area contributed by atoms with Crippen LogP contribution in [-0.4, -0.2) is 20.6 Å². The Kier molecular flexibility index (Phi) is 3.80. The second-order valence-electron chi connectivity index (χ2n) is 3.80. The van der Waals surface area contributed by atoms with Crippen LogP contribution in [0, 0.1) is 5.82 Å². The number of nitrogens with zero attached hydrogens (tertiary/aromatic N) is 1. The Labute approximate surface area is 92.9 Å². The molecule has 2 N–H and O–H groups in total. The Balaban J connectivity index is 3.05. The van der Waals surface area contributed by atoms with Crippen LogP contribution in [0.25, 0.3) is 0 Å². The number of alkyl halides is 2. The van der Waals surface area contributed by atoms with Crippen molar-refractivity contribution >= 4 is 5.69 Å². The van der Waals surface area contributed by atoms with E-state index in [1.165, 1.54) is 17.0 Å². The molecule has 0 unspecified atom stereocenters. The molecule has 16 heavy (non-hydrogen) atoms. The van der Waals surface area contributed by atoms with Crippen LogP contribution in [-0.2, 0) is 5.92 Å². The lowest BCUT2D eigenvalue weighted by Crippen LogP contribution is -2.19. The summed E-state index contributed by atoms with van der Waals surface area (Å²) in [6, 6.07) is 3.44. The van der Waals surface area contributed by atoms with Gasteiger partial charge in [0.25, 0.3) is 5.92 Å². The van der Waals surface area contributed by atoms with Crippen molar-refractivity contribution in [3.05, 3.63) is 29.6 Å². The maximum absolute atomic E-state index is 13.5. The lowest BCUT2D eigenvalue weighted by Gasteiger charge is -2.18. The molecular weight excluding hydrogens is 217 g/mol. The molecule has 90 valence electrons. The van der Waals surface area contributed by atoms with Gasteiger partial charge in [-0.05, 0) is 18.7 Å². The molecule has 2 nitrogen and oxygen atoms in total. The van der Waals surface area contributed by atoms with Gasteiger partial charge in [-0.3, -0.25) is 0 Å². The van der Waals surface area contributed by atoms with E-state index in [-0.39, 0.29) is 17.8 Å². The molecule has 0 aromatic heterocycles. The first-order chi connectivity index (χ1) is 7.38. The van der Waals surface area contributed by atoms with E-state index < -0.39 is 18.2 Å². The number of anilines is 1. The molecule has 1 aromatic carbocycles. The summed E-state index contributed by atoms with van der Waals surface area (Å²) in [6.45, 7) is -0.135. The van der Waals surface area contributed by atoms with E-state index in [2.05, 4.69) is 0 Å². The molecule has 0 aliphatic carbocycles. The highest BCUT2D eigenvalue weighted by atomic mass is 19.3. The maximum Gasteiger partial charge on any atom is 0.274 e. The van der Waals surface area contributed by atoms with Gasteiger partial charge in [-0.2, -0.15) is 0 Å². The molecular formula is C11H15F3N2. The third-order valence-corrected chi connectivity index (χ3v) is 2.31. The predicted octanol–water partition coefficient (Wildman–Crippen LogP) is 2.33. The number of nitrogens with two attached hydrogens (primary N) is 1. The van der Waals surface area contributed by atoms with E-state index in [9.17, 15) is 13.2 Å². The first kappa shape index (κ1) is 12.8. The smallest absolute Gasteiger partial charge is 0.274 e. The SMILES string of the molecule is CN(C)c1ccc(C(F)(F)CCN)cc1F. The van der Waals surface area contributed by atoms with E-state index in [0.717, 1.165) is 6.07 Å². The second kappa shape index (κ2) is 4.74. The Morgan fingerprint density at radius 3 is 2.38 bits per heavy atom. The molecule has 0 bridgehead atoms. The van der Waals surface area contributed by atoms with Gasteiger partial charge in [0.2, 0.25) is 0 Å². The third kappa shape index (κ3) is 2.66. The summed E-state index contributed by atoms with van der Waals surface area (Å²) in [5.74, 6) is -3.72. The summed E-state index contributed by atoms with van der Waals surface area (Å²) in [5, 5.41) is 0. The van der Waals surface area contributed by atoms with Crippen molar-refractivity contribution in [3.63, 3.8) is 0 Å². The lowest BCUT2D eigenvalue weighted by atomic mass is 10.0. The molecule has 0 saturated heterocycles. The van der Waals surface area contributed by atoms with Crippen molar-refractivity contribution in [2.24, 2.45) is 5.73 Å². The van der Waals surface area contributed by atoms with Crippen LogP contribution < -0.4 is 10.6 Å². The average molecular weight is 232 g/mol. The van der Waals surface area contributed by atoms with Crippen LogP contribution in [0.4, 0.5) is 18.9 Å². The van der Waals surface area contributed by atoms with Crippen molar-refractivity contribution in [1.82, 2.24) is 0 Å². The van der Waals surface area contributed by atoms with Gasteiger partial charge >= 0.3 is 0 Å². The van der Waals surface area contributed by atoms with E-state index in [4.69, 9.17) is 5.73 Å². The average Bonchev–Trinajstić information content (AvgIpc) is 2.16. The summed E-state index contributed by atoms with van der Waals surface area (Å²) >= 11 is 0. The van der Waals surface area contributed by atoms with Gasteiger partial charge in [-0.15, -0.1) is 0 Å². The number of benzene rings is 1. The minimum Gasteiger partial charge on any atom is -0.375 e. The third-order valence-electron chi connectivity index (χ3n) is 2.31. The lowest BCUT2D eigenvalue weighted by molar-refractivity contribution is -0.0109. The predicted molar refractivity (Wildman–Crippen MR) is 58.3 cm³/mol. The quantitative estimate of drug-likeness (QED) is 0.863. The van der Waals surface area contributed by atoms with Crippen LogP contribution in [0.15, 0.2) is 18.2 Å². The van der Waals surface area contributed by atoms with Crippen LogP contribution in [0.3, 0.4) is 0 Å². The minimum atomic E-state index is -3.07. The van der Waals surface area contributed by atoms with Crippen LogP contribution in [0.5, 0.6) is 0 Å². The molecule has 5 heteroatoms. The summed E-state index contributed by atoms with van der Waals surface area (Å²) < 4.78 is 40.3. The maximum atomic E-state index is 13.5. The van der Waals surface area contributed by atoms with Gasteiger partial charge in [0, 0.05) is 26.1 Å². The Hall–Kier alpha value is -1.23. The molecule has 1 aromatic rings. The molecule has 0 atom stereocenters. The number of halogens is 3. The zero-order valence-electron chi connectivity index (χ0n) is 9.30. The standard InChI is InChI=1S/C11H15F3N2/c1-16(2)10-4-3-8(7-9(10)12)11(13,14)5-6-15/h3-4,7H,5-6,15H2,1-2H3. The van der Waals surface area contributed by atoms with Crippen molar-refractivity contribution in [2.45, 2.75) is 12.3 Å². The first-order valence-electron chi connectivity index (χ1n) is 4.93. The Bertz CT molecular complexity index is 364.